The Morgan fingerprint density at radius 2 is 1.85 bits per heavy atom. The molecule has 140 valence electrons. The fourth-order valence-corrected chi connectivity index (χ4v) is 4.97. The summed E-state index contributed by atoms with van der Waals surface area (Å²) in [5.74, 6) is -0.297. The maximum atomic E-state index is 12.6. The van der Waals surface area contributed by atoms with E-state index in [0.717, 1.165) is 10.2 Å². The number of aromatic nitrogens is 1. The van der Waals surface area contributed by atoms with Gasteiger partial charge in [-0.1, -0.05) is 0 Å². The van der Waals surface area contributed by atoms with E-state index >= 15 is 0 Å². The number of anilines is 1. The number of nitrogens with zero attached hydrogens (tertiary/aromatic N) is 2. The molecular formula is C18H17N3O4S2. The summed E-state index contributed by atoms with van der Waals surface area (Å²) in [6.45, 7) is 1.46. The van der Waals surface area contributed by atoms with Crippen molar-refractivity contribution in [3.63, 3.8) is 0 Å². The molecule has 0 aliphatic carbocycles. The Hall–Kier alpha value is -2.33. The maximum Gasteiger partial charge on any atom is 0.255 e. The first-order chi connectivity index (χ1) is 13.0. The topological polar surface area (TPSA) is 88.6 Å². The quantitative estimate of drug-likeness (QED) is 0.723. The molecule has 4 rings (SSSR count). The largest absolute Gasteiger partial charge is 0.379 e. The molecule has 1 saturated heterocycles. The minimum Gasteiger partial charge on any atom is -0.379 e. The Kier molecular flexibility index (Phi) is 4.92. The summed E-state index contributed by atoms with van der Waals surface area (Å²) in [6.07, 6.45) is 0. The third-order valence-electron chi connectivity index (χ3n) is 4.31. The van der Waals surface area contributed by atoms with Crippen LogP contribution in [-0.4, -0.2) is 49.9 Å². The number of ether oxygens (including phenoxy) is 1. The molecule has 3 aromatic rings. The first kappa shape index (κ1) is 18.1. The zero-order chi connectivity index (χ0) is 18.9. The number of sulfonamides is 1. The number of fused-ring (bicyclic) bond motifs is 1. The SMILES string of the molecule is O=C(Nc1ccc2ncsc2c1)c1ccc(S(=O)(=O)N2CCOCC2)cc1. The van der Waals surface area contributed by atoms with Gasteiger partial charge in [0.25, 0.3) is 5.91 Å². The van der Waals surface area contributed by atoms with Gasteiger partial charge in [0.05, 0.1) is 33.8 Å². The van der Waals surface area contributed by atoms with Crippen molar-refractivity contribution in [3.05, 3.63) is 53.5 Å². The Morgan fingerprint density at radius 3 is 2.59 bits per heavy atom. The number of morpholine rings is 1. The Morgan fingerprint density at radius 1 is 1.11 bits per heavy atom. The molecule has 0 bridgehead atoms. The summed E-state index contributed by atoms with van der Waals surface area (Å²) in [4.78, 5) is 16.8. The van der Waals surface area contributed by atoms with E-state index in [1.54, 1.807) is 11.6 Å². The number of hydrogen-bond acceptors (Lipinski definition) is 6. The molecule has 27 heavy (non-hydrogen) atoms. The zero-order valence-corrected chi connectivity index (χ0v) is 15.9. The number of nitrogens with one attached hydrogen (secondary N) is 1. The van der Waals surface area contributed by atoms with Crippen molar-refractivity contribution in [3.8, 4) is 0 Å². The van der Waals surface area contributed by atoms with Crippen molar-refractivity contribution in [2.24, 2.45) is 0 Å². The van der Waals surface area contributed by atoms with Crippen LogP contribution < -0.4 is 5.32 Å². The standard InChI is InChI=1S/C18H17N3O4S2/c22-18(20-14-3-6-16-17(11-14)26-12-19-16)13-1-4-15(5-2-13)27(23,24)21-7-9-25-10-8-21/h1-6,11-12H,7-10H2,(H,20,22). The number of carbonyl (C=O) groups is 1. The molecule has 9 heteroatoms. The summed E-state index contributed by atoms with van der Waals surface area (Å²) in [7, 11) is -3.57. The highest BCUT2D eigenvalue weighted by molar-refractivity contribution is 7.89. The van der Waals surface area contributed by atoms with Crippen molar-refractivity contribution < 1.29 is 17.9 Å². The molecule has 0 atom stereocenters. The van der Waals surface area contributed by atoms with E-state index < -0.39 is 10.0 Å². The van der Waals surface area contributed by atoms with Crippen LogP contribution in [0.2, 0.25) is 0 Å². The summed E-state index contributed by atoms with van der Waals surface area (Å²) in [6, 6.07) is 11.5. The second kappa shape index (κ2) is 7.35. The lowest BCUT2D eigenvalue weighted by Crippen LogP contribution is -2.40. The van der Waals surface area contributed by atoms with Gasteiger partial charge in [-0.2, -0.15) is 4.31 Å². The highest BCUT2D eigenvalue weighted by atomic mass is 32.2. The normalized spacial score (nSPS) is 15.7. The van der Waals surface area contributed by atoms with Gasteiger partial charge in [-0.05, 0) is 42.5 Å². The highest BCUT2D eigenvalue weighted by Crippen LogP contribution is 2.23. The van der Waals surface area contributed by atoms with E-state index in [1.165, 1.54) is 39.9 Å². The van der Waals surface area contributed by atoms with E-state index in [1.807, 2.05) is 12.1 Å². The summed E-state index contributed by atoms with van der Waals surface area (Å²) in [5.41, 5.74) is 3.70. The fraction of sp³-hybridized carbons (Fsp3) is 0.222. The molecule has 0 spiro atoms. The number of hydrogen-bond donors (Lipinski definition) is 1. The molecule has 2 aromatic carbocycles. The van der Waals surface area contributed by atoms with Crippen LogP contribution >= 0.6 is 11.3 Å². The summed E-state index contributed by atoms with van der Waals surface area (Å²) < 4.78 is 32.8. The van der Waals surface area contributed by atoms with Gasteiger partial charge in [-0.3, -0.25) is 4.79 Å². The second-order valence-corrected chi connectivity index (χ2v) is 8.85. The van der Waals surface area contributed by atoms with Gasteiger partial charge >= 0.3 is 0 Å². The van der Waals surface area contributed by atoms with Gasteiger partial charge in [-0.15, -0.1) is 11.3 Å². The minimum atomic E-state index is -3.57. The van der Waals surface area contributed by atoms with Crippen LogP contribution in [-0.2, 0) is 14.8 Å². The van der Waals surface area contributed by atoms with Crippen LogP contribution in [0, 0.1) is 0 Å². The molecule has 7 nitrogen and oxygen atoms in total. The van der Waals surface area contributed by atoms with Crippen molar-refractivity contribution >= 4 is 43.2 Å². The van der Waals surface area contributed by atoms with Gasteiger partial charge in [0.15, 0.2) is 0 Å². The average Bonchev–Trinajstić information content (AvgIpc) is 3.16. The molecule has 1 fully saturated rings. The van der Waals surface area contributed by atoms with Crippen LogP contribution in [0.15, 0.2) is 52.9 Å². The van der Waals surface area contributed by atoms with Crippen LogP contribution in [0.4, 0.5) is 5.69 Å². The number of rotatable bonds is 4. The molecular weight excluding hydrogens is 386 g/mol. The van der Waals surface area contributed by atoms with Crippen molar-refractivity contribution in [2.45, 2.75) is 4.90 Å². The number of carbonyl (C=O) groups excluding carboxylic acids is 1. The lowest BCUT2D eigenvalue weighted by Gasteiger charge is -2.26. The van der Waals surface area contributed by atoms with Crippen LogP contribution in [0.25, 0.3) is 10.2 Å². The van der Waals surface area contributed by atoms with Crippen LogP contribution in [0.1, 0.15) is 10.4 Å². The maximum absolute atomic E-state index is 12.6. The van der Waals surface area contributed by atoms with E-state index in [-0.39, 0.29) is 10.8 Å². The number of thiazole rings is 1. The predicted molar refractivity (Wildman–Crippen MR) is 104 cm³/mol. The average molecular weight is 403 g/mol. The Labute approximate surface area is 160 Å². The molecule has 1 N–H and O–H groups in total. The monoisotopic (exact) mass is 403 g/mol. The first-order valence-corrected chi connectivity index (χ1v) is 10.7. The fourth-order valence-electron chi connectivity index (χ4n) is 2.85. The van der Waals surface area contributed by atoms with Crippen molar-refractivity contribution in [2.75, 3.05) is 31.6 Å². The van der Waals surface area contributed by atoms with Crippen molar-refractivity contribution in [1.82, 2.24) is 9.29 Å². The zero-order valence-electron chi connectivity index (χ0n) is 14.3. The number of benzene rings is 2. The van der Waals surface area contributed by atoms with Gasteiger partial charge < -0.3 is 10.1 Å². The summed E-state index contributed by atoms with van der Waals surface area (Å²) in [5, 5.41) is 2.83. The second-order valence-electron chi connectivity index (χ2n) is 6.03. The molecule has 1 amide bonds. The Balaban J connectivity index is 1.50. The highest BCUT2D eigenvalue weighted by Gasteiger charge is 2.26. The van der Waals surface area contributed by atoms with Gasteiger partial charge in [0.1, 0.15) is 0 Å². The van der Waals surface area contributed by atoms with Gasteiger partial charge in [-0.25, -0.2) is 13.4 Å². The molecule has 2 heterocycles. The summed E-state index contributed by atoms with van der Waals surface area (Å²) >= 11 is 1.50. The molecule has 1 aromatic heterocycles. The van der Waals surface area contributed by atoms with Gasteiger partial charge in [0.2, 0.25) is 10.0 Å². The van der Waals surface area contributed by atoms with Crippen LogP contribution in [0.3, 0.4) is 0 Å². The van der Waals surface area contributed by atoms with Crippen LogP contribution in [0.5, 0.6) is 0 Å². The molecule has 0 saturated carbocycles. The first-order valence-electron chi connectivity index (χ1n) is 8.36. The lowest BCUT2D eigenvalue weighted by atomic mass is 10.2. The van der Waals surface area contributed by atoms with E-state index in [2.05, 4.69) is 10.3 Å². The third-order valence-corrected chi connectivity index (χ3v) is 7.02. The lowest BCUT2D eigenvalue weighted by molar-refractivity contribution is 0.0730. The van der Waals surface area contributed by atoms with Gasteiger partial charge in [0, 0.05) is 24.3 Å². The molecule has 0 unspecified atom stereocenters. The predicted octanol–water partition coefficient (Wildman–Crippen LogP) is 2.57. The number of amides is 1. The van der Waals surface area contributed by atoms with E-state index in [0.29, 0.717) is 37.6 Å². The minimum absolute atomic E-state index is 0.173. The Bertz CT molecular complexity index is 1070. The van der Waals surface area contributed by atoms with E-state index in [4.69, 9.17) is 4.74 Å². The molecule has 1 aliphatic rings. The van der Waals surface area contributed by atoms with Crippen molar-refractivity contribution in [1.29, 1.82) is 0 Å². The van der Waals surface area contributed by atoms with E-state index in [9.17, 15) is 13.2 Å². The smallest absolute Gasteiger partial charge is 0.255 e. The molecule has 0 radical (unpaired) electrons. The third kappa shape index (κ3) is 3.72. The molecule has 1 aliphatic heterocycles.